The first-order chi connectivity index (χ1) is 19.5. The Bertz CT molecular complexity index is 1480. The van der Waals surface area contributed by atoms with Gasteiger partial charge >= 0.3 is 0 Å². The minimum atomic E-state index is -0.456. The molecule has 40 heavy (non-hydrogen) atoms. The number of rotatable bonds is 11. The lowest BCUT2D eigenvalue weighted by atomic mass is 9.94. The number of benzene rings is 3. The lowest BCUT2D eigenvalue weighted by Gasteiger charge is -2.15. The van der Waals surface area contributed by atoms with E-state index in [0.29, 0.717) is 51.0 Å². The second-order valence-corrected chi connectivity index (χ2v) is 9.47. The van der Waals surface area contributed by atoms with Crippen molar-refractivity contribution in [2.45, 2.75) is 19.8 Å². The SMILES string of the molecule is C=NC1=C(/C=N\CNc2ccc(C(=O)NCCCC)cc2)CN=C(c2c(F)cccc2OC)c2cc(Cl)ccc21. The topological polar surface area (TPSA) is 87.4 Å². The maximum Gasteiger partial charge on any atom is 0.251 e. The fourth-order valence-electron chi connectivity index (χ4n) is 4.34. The molecule has 0 aliphatic carbocycles. The number of anilines is 1. The molecule has 1 amide bonds. The minimum absolute atomic E-state index is 0.0859. The number of halogens is 2. The van der Waals surface area contributed by atoms with Gasteiger partial charge in [-0.25, -0.2) is 4.39 Å². The van der Waals surface area contributed by atoms with Crippen LogP contribution in [-0.2, 0) is 0 Å². The molecule has 1 aliphatic heterocycles. The summed E-state index contributed by atoms with van der Waals surface area (Å²) in [7, 11) is 1.49. The number of unbranched alkanes of at least 4 members (excludes halogenated alkanes) is 1. The number of ether oxygens (including phenoxy) is 1. The smallest absolute Gasteiger partial charge is 0.251 e. The maximum absolute atomic E-state index is 15.1. The zero-order chi connectivity index (χ0) is 28.5. The maximum atomic E-state index is 15.1. The van der Waals surface area contributed by atoms with Crippen LogP contribution in [0.25, 0.3) is 5.70 Å². The van der Waals surface area contributed by atoms with Crippen molar-refractivity contribution in [3.05, 3.63) is 99.3 Å². The Labute approximate surface area is 238 Å². The average molecular weight is 560 g/mol. The van der Waals surface area contributed by atoms with E-state index in [1.54, 1.807) is 42.6 Å². The highest BCUT2D eigenvalue weighted by Crippen LogP contribution is 2.34. The zero-order valence-electron chi connectivity index (χ0n) is 22.5. The third-order valence-electron chi connectivity index (χ3n) is 6.38. The highest BCUT2D eigenvalue weighted by atomic mass is 35.5. The van der Waals surface area contributed by atoms with Crippen molar-refractivity contribution in [1.29, 1.82) is 0 Å². The number of aliphatic imine (C=N–C) groups is 3. The molecule has 9 heteroatoms. The van der Waals surface area contributed by atoms with Gasteiger partial charge in [0.1, 0.15) is 18.2 Å². The molecule has 0 unspecified atom stereocenters. The van der Waals surface area contributed by atoms with Crippen molar-refractivity contribution in [2.24, 2.45) is 15.0 Å². The molecule has 0 saturated heterocycles. The van der Waals surface area contributed by atoms with E-state index in [1.165, 1.54) is 13.2 Å². The molecule has 0 saturated carbocycles. The van der Waals surface area contributed by atoms with Crippen LogP contribution in [0.3, 0.4) is 0 Å². The summed E-state index contributed by atoms with van der Waals surface area (Å²) in [6.45, 7) is 6.99. The van der Waals surface area contributed by atoms with Crippen molar-refractivity contribution < 1.29 is 13.9 Å². The van der Waals surface area contributed by atoms with Crippen LogP contribution in [0.15, 0.2) is 81.2 Å². The number of carbonyl (C=O) groups is 1. The predicted molar refractivity (Wildman–Crippen MR) is 162 cm³/mol. The molecule has 206 valence electrons. The number of amides is 1. The predicted octanol–water partition coefficient (Wildman–Crippen LogP) is 6.42. The van der Waals surface area contributed by atoms with Crippen molar-refractivity contribution >= 4 is 47.5 Å². The van der Waals surface area contributed by atoms with E-state index in [-0.39, 0.29) is 24.7 Å². The molecule has 0 fully saturated rings. The van der Waals surface area contributed by atoms with E-state index in [2.05, 4.69) is 34.3 Å². The van der Waals surface area contributed by atoms with E-state index < -0.39 is 5.82 Å². The van der Waals surface area contributed by atoms with E-state index in [1.807, 2.05) is 18.2 Å². The molecular formula is C31H31ClFN5O2. The Morgan fingerprint density at radius 3 is 2.70 bits per heavy atom. The molecule has 7 nitrogen and oxygen atoms in total. The Balaban J connectivity index is 1.55. The number of nitrogens with zero attached hydrogens (tertiary/aromatic N) is 3. The van der Waals surface area contributed by atoms with Gasteiger partial charge < -0.3 is 15.4 Å². The molecule has 0 bridgehead atoms. The van der Waals surface area contributed by atoms with Crippen LogP contribution in [0.5, 0.6) is 5.75 Å². The number of hydrogen-bond acceptors (Lipinski definition) is 6. The summed E-state index contributed by atoms with van der Waals surface area (Å²) < 4.78 is 20.5. The lowest BCUT2D eigenvalue weighted by Crippen LogP contribution is -2.24. The van der Waals surface area contributed by atoms with Gasteiger partial charge in [0.05, 0.1) is 30.6 Å². The Morgan fingerprint density at radius 1 is 1.18 bits per heavy atom. The molecule has 4 rings (SSSR count). The number of methoxy groups -OCH3 is 1. The number of carbonyl (C=O) groups excluding carboxylic acids is 1. The van der Waals surface area contributed by atoms with Crippen LogP contribution in [-0.4, -0.2) is 51.4 Å². The molecular weight excluding hydrogens is 529 g/mol. The Hall–Kier alpha value is -4.30. The van der Waals surface area contributed by atoms with Crippen LogP contribution in [0.4, 0.5) is 10.1 Å². The quantitative estimate of drug-likeness (QED) is 0.210. The van der Waals surface area contributed by atoms with Crippen LogP contribution in [0, 0.1) is 5.82 Å². The van der Waals surface area contributed by atoms with Gasteiger partial charge in [0, 0.05) is 45.7 Å². The Morgan fingerprint density at radius 2 is 1.98 bits per heavy atom. The monoisotopic (exact) mass is 559 g/mol. The van der Waals surface area contributed by atoms with Crippen LogP contribution < -0.4 is 15.4 Å². The van der Waals surface area contributed by atoms with Gasteiger partial charge in [0.15, 0.2) is 0 Å². The van der Waals surface area contributed by atoms with E-state index in [9.17, 15) is 4.79 Å². The molecule has 0 radical (unpaired) electrons. The molecule has 3 aromatic rings. The van der Waals surface area contributed by atoms with Crippen molar-refractivity contribution in [3.63, 3.8) is 0 Å². The summed E-state index contributed by atoms with van der Waals surface area (Å²) in [6, 6.07) is 17.2. The van der Waals surface area contributed by atoms with Gasteiger partial charge in [0.2, 0.25) is 0 Å². The van der Waals surface area contributed by atoms with E-state index in [0.717, 1.165) is 18.5 Å². The first-order valence-corrected chi connectivity index (χ1v) is 13.3. The largest absolute Gasteiger partial charge is 0.496 e. The minimum Gasteiger partial charge on any atom is -0.496 e. The average Bonchev–Trinajstić information content (AvgIpc) is 3.11. The normalized spacial score (nSPS) is 12.9. The van der Waals surface area contributed by atoms with E-state index >= 15 is 4.39 Å². The lowest BCUT2D eigenvalue weighted by molar-refractivity contribution is 0.0953. The molecule has 0 aromatic heterocycles. The van der Waals surface area contributed by atoms with Crippen LogP contribution >= 0.6 is 11.6 Å². The van der Waals surface area contributed by atoms with Gasteiger partial charge in [-0.1, -0.05) is 37.1 Å². The van der Waals surface area contributed by atoms with Crippen LogP contribution in [0.1, 0.15) is 46.8 Å². The van der Waals surface area contributed by atoms with Gasteiger partial charge in [-0.05, 0) is 61.7 Å². The van der Waals surface area contributed by atoms with E-state index in [4.69, 9.17) is 21.3 Å². The van der Waals surface area contributed by atoms with Gasteiger partial charge in [-0.3, -0.25) is 19.8 Å². The number of fused-ring (bicyclic) bond motifs is 1. The van der Waals surface area contributed by atoms with Crippen LogP contribution in [0.2, 0.25) is 5.02 Å². The number of hydrogen-bond donors (Lipinski definition) is 2. The van der Waals surface area contributed by atoms with Gasteiger partial charge in [-0.15, -0.1) is 0 Å². The molecule has 0 spiro atoms. The third-order valence-corrected chi connectivity index (χ3v) is 6.61. The van der Waals surface area contributed by atoms with Crippen molar-refractivity contribution in [3.8, 4) is 5.75 Å². The first-order valence-electron chi connectivity index (χ1n) is 13.0. The molecule has 0 atom stereocenters. The zero-order valence-corrected chi connectivity index (χ0v) is 23.3. The molecule has 2 N–H and O–H groups in total. The van der Waals surface area contributed by atoms with Crippen molar-refractivity contribution in [1.82, 2.24) is 5.32 Å². The molecule has 1 heterocycles. The standard InChI is InChI=1S/C31H31ClFN5O2/c1-4-5-15-36-31(39)20-9-12-23(13-10-20)38-19-35-17-21-18-37-30(28-26(33)7-6-8-27(28)40-3)25-16-22(32)11-14-24(25)29(21)34-2/h6-14,16-17,38H,2,4-5,15,18-19H2,1,3H3,(H,36,39)/b35-17-. The Kier molecular flexibility index (Phi) is 9.81. The highest BCUT2D eigenvalue weighted by Gasteiger charge is 2.25. The summed E-state index contributed by atoms with van der Waals surface area (Å²) in [5.74, 6) is -0.177. The van der Waals surface area contributed by atoms with Gasteiger partial charge in [-0.2, -0.15) is 0 Å². The second-order valence-electron chi connectivity index (χ2n) is 9.04. The van der Waals surface area contributed by atoms with Gasteiger partial charge in [0.25, 0.3) is 5.91 Å². The fraction of sp³-hybridized carbons (Fsp3) is 0.226. The summed E-state index contributed by atoms with van der Waals surface area (Å²) in [4.78, 5) is 25.8. The third kappa shape index (κ3) is 6.63. The molecule has 1 aliphatic rings. The highest BCUT2D eigenvalue weighted by molar-refractivity contribution is 6.31. The molecule has 3 aromatic carbocycles. The number of nitrogens with one attached hydrogen (secondary N) is 2. The summed E-state index contributed by atoms with van der Waals surface area (Å²) >= 11 is 6.34. The van der Waals surface area contributed by atoms with Crippen molar-refractivity contribution in [2.75, 3.05) is 32.2 Å². The summed E-state index contributed by atoms with van der Waals surface area (Å²) in [6.07, 6.45) is 3.67. The fourth-order valence-corrected chi connectivity index (χ4v) is 4.51. The summed E-state index contributed by atoms with van der Waals surface area (Å²) in [5.41, 5.74) is 4.73. The second kappa shape index (κ2) is 13.7. The first kappa shape index (κ1) is 28.7. The summed E-state index contributed by atoms with van der Waals surface area (Å²) in [5, 5.41) is 6.61.